The predicted octanol–water partition coefficient (Wildman–Crippen LogP) is 1.05. The van der Waals surface area contributed by atoms with E-state index >= 15 is 0 Å². The number of fused-ring (bicyclic) bond motifs is 3. The van der Waals surface area contributed by atoms with E-state index in [1.165, 1.54) is 19.1 Å². The van der Waals surface area contributed by atoms with Crippen LogP contribution >= 0.6 is 0 Å². The molecule has 0 bridgehead atoms. The summed E-state index contributed by atoms with van der Waals surface area (Å²) in [5.74, 6) is -2.18. The number of hydrogen-bond acceptors (Lipinski definition) is 7. The average molecular weight is 367 g/mol. The number of anilines is 1. The van der Waals surface area contributed by atoms with Crippen molar-refractivity contribution in [3.8, 4) is 5.75 Å². The predicted molar refractivity (Wildman–Crippen MR) is 94.7 cm³/mol. The second-order valence-corrected chi connectivity index (χ2v) is 7.09. The summed E-state index contributed by atoms with van der Waals surface area (Å²) in [7, 11) is 0. The highest BCUT2D eigenvalue weighted by molar-refractivity contribution is 6.31. The van der Waals surface area contributed by atoms with Crippen LogP contribution in [0.4, 0.5) is 5.69 Å². The van der Waals surface area contributed by atoms with E-state index in [1.807, 2.05) is 0 Å². The molecule has 2 unspecified atom stereocenters. The number of benzene rings is 2. The Morgan fingerprint density at radius 2 is 1.70 bits per heavy atom. The van der Waals surface area contributed by atoms with Crippen molar-refractivity contribution in [1.82, 2.24) is 0 Å². The fourth-order valence-electron chi connectivity index (χ4n) is 4.04. The van der Waals surface area contributed by atoms with Crippen molar-refractivity contribution < 1.29 is 29.7 Å². The summed E-state index contributed by atoms with van der Waals surface area (Å²) in [5, 5.41) is 31.8. The Morgan fingerprint density at radius 1 is 1.15 bits per heavy atom. The molecule has 0 aromatic heterocycles. The molecular formula is C20H17NO6. The molecule has 5 N–H and O–H groups in total. The number of aromatic hydroxyl groups is 1. The van der Waals surface area contributed by atoms with Crippen molar-refractivity contribution >= 4 is 23.0 Å². The SMILES string of the molecule is CC(=O)C1(O)Cc2c(N)c3c(c(O)c2C(O)C1)C(=O)c1ccccc1C3=O. The van der Waals surface area contributed by atoms with E-state index in [0.29, 0.717) is 0 Å². The van der Waals surface area contributed by atoms with Gasteiger partial charge in [-0.05, 0) is 12.5 Å². The number of hydrogen-bond donors (Lipinski definition) is 4. The van der Waals surface area contributed by atoms with Gasteiger partial charge in [-0.3, -0.25) is 14.4 Å². The zero-order chi connectivity index (χ0) is 19.7. The van der Waals surface area contributed by atoms with E-state index < -0.39 is 34.8 Å². The van der Waals surface area contributed by atoms with Crippen LogP contribution in [0.25, 0.3) is 0 Å². The standard InChI is InChI=1S/C20H17NO6/c1-8(22)20(27)6-11-13(12(23)7-20)19(26)15-14(16(11)21)17(24)9-4-2-3-5-10(9)18(15)25/h2-5,12,23,26-27H,6-7,21H2,1H3. The number of carbonyl (C=O) groups excluding carboxylic acids is 3. The first-order chi connectivity index (χ1) is 12.7. The lowest BCUT2D eigenvalue weighted by atomic mass is 9.72. The minimum absolute atomic E-state index is 0.0160. The minimum Gasteiger partial charge on any atom is -0.507 e. The number of rotatable bonds is 1. The highest BCUT2D eigenvalue weighted by atomic mass is 16.3. The Balaban J connectivity index is 2.04. The van der Waals surface area contributed by atoms with E-state index in [0.717, 1.165) is 0 Å². The zero-order valence-electron chi connectivity index (χ0n) is 14.4. The van der Waals surface area contributed by atoms with Gasteiger partial charge in [-0.15, -0.1) is 0 Å². The summed E-state index contributed by atoms with van der Waals surface area (Å²) in [5.41, 5.74) is 4.21. The summed E-state index contributed by atoms with van der Waals surface area (Å²) in [6.45, 7) is 1.19. The number of carbonyl (C=O) groups is 3. The maximum Gasteiger partial charge on any atom is 0.198 e. The van der Waals surface area contributed by atoms with Crippen molar-refractivity contribution in [3.63, 3.8) is 0 Å². The van der Waals surface area contributed by atoms with E-state index in [1.54, 1.807) is 12.1 Å². The largest absolute Gasteiger partial charge is 0.507 e. The van der Waals surface area contributed by atoms with Crippen LogP contribution in [-0.4, -0.2) is 38.3 Å². The smallest absolute Gasteiger partial charge is 0.198 e. The Hall–Kier alpha value is -3.03. The lowest BCUT2D eigenvalue weighted by molar-refractivity contribution is -0.139. The molecule has 2 aliphatic carbocycles. The maximum absolute atomic E-state index is 13.0. The fraction of sp³-hybridized carbons (Fsp3) is 0.250. The summed E-state index contributed by atoms with van der Waals surface area (Å²) >= 11 is 0. The Kier molecular flexibility index (Phi) is 3.53. The van der Waals surface area contributed by atoms with Gasteiger partial charge in [-0.2, -0.15) is 0 Å². The summed E-state index contributed by atoms with van der Waals surface area (Å²) < 4.78 is 0. The Bertz CT molecular complexity index is 1060. The van der Waals surface area contributed by atoms with Crippen LogP contribution < -0.4 is 5.73 Å². The summed E-state index contributed by atoms with van der Waals surface area (Å²) in [6.07, 6.45) is -2.00. The molecule has 2 aliphatic rings. The van der Waals surface area contributed by atoms with Crippen LogP contribution in [0.1, 0.15) is 62.4 Å². The van der Waals surface area contributed by atoms with Gasteiger partial charge in [-0.25, -0.2) is 0 Å². The lowest BCUT2D eigenvalue weighted by Crippen LogP contribution is -2.44. The second kappa shape index (κ2) is 5.48. The molecule has 2 aromatic rings. The van der Waals surface area contributed by atoms with Gasteiger partial charge in [0, 0.05) is 35.2 Å². The quantitative estimate of drug-likeness (QED) is 0.372. The lowest BCUT2D eigenvalue weighted by Gasteiger charge is -2.37. The van der Waals surface area contributed by atoms with Crippen molar-refractivity contribution in [2.75, 3.05) is 5.73 Å². The van der Waals surface area contributed by atoms with Gasteiger partial charge < -0.3 is 21.1 Å². The van der Waals surface area contributed by atoms with Crippen molar-refractivity contribution in [2.45, 2.75) is 31.5 Å². The number of nitrogens with two attached hydrogens (primary N) is 1. The summed E-state index contributed by atoms with van der Waals surface area (Å²) in [6, 6.07) is 6.20. The first-order valence-electron chi connectivity index (χ1n) is 8.44. The first-order valence-corrected chi connectivity index (χ1v) is 8.44. The Labute approximate surface area is 154 Å². The second-order valence-electron chi connectivity index (χ2n) is 7.09. The van der Waals surface area contributed by atoms with E-state index in [9.17, 15) is 29.7 Å². The van der Waals surface area contributed by atoms with E-state index in [-0.39, 0.29) is 51.9 Å². The minimum atomic E-state index is -1.86. The van der Waals surface area contributed by atoms with E-state index in [2.05, 4.69) is 0 Å². The maximum atomic E-state index is 13.0. The molecule has 0 amide bonds. The number of nitrogen functional groups attached to an aromatic ring is 1. The third-order valence-corrected chi connectivity index (χ3v) is 5.52. The van der Waals surface area contributed by atoms with Crippen molar-refractivity contribution in [2.24, 2.45) is 0 Å². The molecule has 7 nitrogen and oxygen atoms in total. The molecule has 27 heavy (non-hydrogen) atoms. The highest BCUT2D eigenvalue weighted by Crippen LogP contribution is 2.48. The average Bonchev–Trinajstić information content (AvgIpc) is 2.62. The first kappa shape index (κ1) is 17.4. The molecule has 138 valence electrons. The number of phenols is 1. The number of Topliss-reactive ketones (excluding diaryl/α,β-unsaturated/α-hetero) is 1. The number of aliphatic hydroxyl groups excluding tert-OH is 1. The molecule has 0 aliphatic heterocycles. The number of phenolic OH excluding ortho intramolecular Hbond substituents is 1. The van der Waals surface area contributed by atoms with Crippen LogP contribution in [0.15, 0.2) is 24.3 Å². The van der Waals surface area contributed by atoms with Gasteiger partial charge in [0.05, 0.1) is 17.2 Å². The third kappa shape index (κ3) is 2.19. The topological polar surface area (TPSA) is 138 Å². The van der Waals surface area contributed by atoms with Gasteiger partial charge in [0.15, 0.2) is 17.3 Å². The molecule has 2 atom stereocenters. The van der Waals surface area contributed by atoms with Gasteiger partial charge >= 0.3 is 0 Å². The molecule has 0 saturated carbocycles. The zero-order valence-corrected chi connectivity index (χ0v) is 14.4. The Morgan fingerprint density at radius 3 is 2.26 bits per heavy atom. The monoisotopic (exact) mass is 367 g/mol. The number of aliphatic hydroxyl groups is 2. The van der Waals surface area contributed by atoms with Crippen LogP contribution in [-0.2, 0) is 11.2 Å². The van der Waals surface area contributed by atoms with Crippen LogP contribution in [0, 0.1) is 0 Å². The highest BCUT2D eigenvalue weighted by Gasteiger charge is 2.46. The fourth-order valence-corrected chi connectivity index (χ4v) is 4.04. The normalized spacial score (nSPS) is 23.4. The van der Waals surface area contributed by atoms with Gasteiger partial charge in [-0.1, -0.05) is 24.3 Å². The van der Waals surface area contributed by atoms with Gasteiger partial charge in [0.1, 0.15) is 11.4 Å². The van der Waals surface area contributed by atoms with Crippen LogP contribution in [0.2, 0.25) is 0 Å². The molecular weight excluding hydrogens is 350 g/mol. The third-order valence-electron chi connectivity index (χ3n) is 5.52. The number of ketones is 3. The molecule has 0 heterocycles. The van der Waals surface area contributed by atoms with Crippen molar-refractivity contribution in [3.05, 3.63) is 57.6 Å². The van der Waals surface area contributed by atoms with Gasteiger partial charge in [0.25, 0.3) is 0 Å². The molecule has 0 saturated heterocycles. The molecule has 7 heteroatoms. The molecule has 0 spiro atoms. The summed E-state index contributed by atoms with van der Waals surface area (Å²) in [4.78, 5) is 37.7. The van der Waals surface area contributed by atoms with Crippen molar-refractivity contribution in [1.29, 1.82) is 0 Å². The van der Waals surface area contributed by atoms with Gasteiger partial charge in [0.2, 0.25) is 0 Å². The van der Waals surface area contributed by atoms with Crippen LogP contribution in [0.3, 0.4) is 0 Å². The van der Waals surface area contributed by atoms with E-state index in [4.69, 9.17) is 5.73 Å². The molecule has 0 radical (unpaired) electrons. The van der Waals surface area contributed by atoms with Crippen LogP contribution in [0.5, 0.6) is 5.75 Å². The molecule has 4 rings (SSSR count). The molecule has 0 fully saturated rings. The molecule has 2 aromatic carbocycles.